The highest BCUT2D eigenvalue weighted by Crippen LogP contribution is 2.23. The molecular formula is C39H44N2O7S. The van der Waals surface area contributed by atoms with Crippen molar-refractivity contribution in [3.05, 3.63) is 102 Å². The maximum absolute atomic E-state index is 13.3. The fourth-order valence-electron chi connectivity index (χ4n) is 4.72. The van der Waals surface area contributed by atoms with Crippen LogP contribution in [0.15, 0.2) is 89.8 Å². The number of ether oxygens (including phenoxy) is 4. The number of aromatic nitrogens is 1. The van der Waals surface area contributed by atoms with Gasteiger partial charge in [-0.05, 0) is 104 Å². The van der Waals surface area contributed by atoms with Crippen molar-refractivity contribution >= 4 is 35.4 Å². The lowest BCUT2D eigenvalue weighted by Crippen LogP contribution is -2.18. The van der Waals surface area contributed by atoms with E-state index in [1.807, 2.05) is 18.4 Å². The summed E-state index contributed by atoms with van der Waals surface area (Å²) in [6.45, 7) is 5.54. The van der Waals surface area contributed by atoms with E-state index < -0.39 is 17.8 Å². The van der Waals surface area contributed by atoms with Crippen LogP contribution in [0.5, 0.6) is 23.0 Å². The number of carbonyl (C=O) groups excluding carboxylic acids is 3. The van der Waals surface area contributed by atoms with E-state index in [4.69, 9.17) is 18.9 Å². The van der Waals surface area contributed by atoms with E-state index in [0.29, 0.717) is 30.3 Å². The highest BCUT2D eigenvalue weighted by molar-refractivity contribution is 7.98. The Morgan fingerprint density at radius 2 is 1.12 bits per heavy atom. The molecule has 1 aromatic heterocycles. The number of unbranched alkanes of at least 4 members (excludes halogenated alkanes) is 6. The molecule has 3 aromatic carbocycles. The Morgan fingerprint density at radius 1 is 0.612 bits per heavy atom. The smallest absolute Gasteiger partial charge is 0.362 e. The molecule has 10 heteroatoms. The number of hydrogen-bond acceptors (Lipinski definition) is 9. The van der Waals surface area contributed by atoms with Crippen LogP contribution in [-0.4, -0.2) is 42.3 Å². The van der Waals surface area contributed by atoms with Crippen LogP contribution in [0.1, 0.15) is 96.4 Å². The highest BCUT2D eigenvalue weighted by Gasteiger charge is 2.20. The molecule has 0 saturated heterocycles. The van der Waals surface area contributed by atoms with Gasteiger partial charge in [0.15, 0.2) is 5.69 Å². The molecule has 4 rings (SSSR count). The summed E-state index contributed by atoms with van der Waals surface area (Å²) in [6, 6.07) is 23.1. The number of nitrogens with one attached hydrogen (secondary N) is 1. The monoisotopic (exact) mass is 684 g/mol. The Balaban J connectivity index is 1.47. The van der Waals surface area contributed by atoms with Crippen molar-refractivity contribution in [2.24, 2.45) is 0 Å². The number of thioether (sulfide) groups is 1. The maximum atomic E-state index is 13.3. The van der Waals surface area contributed by atoms with Crippen LogP contribution in [0, 0.1) is 0 Å². The molecule has 0 aliphatic carbocycles. The van der Waals surface area contributed by atoms with E-state index in [-0.39, 0.29) is 28.6 Å². The summed E-state index contributed by atoms with van der Waals surface area (Å²) in [5.74, 6) is -0.136. The number of hydrogen-bond donors (Lipinski definition) is 1. The van der Waals surface area contributed by atoms with Gasteiger partial charge in [0.25, 0.3) is 5.91 Å². The summed E-state index contributed by atoms with van der Waals surface area (Å²) >= 11 is 1.56. The second-order valence-electron chi connectivity index (χ2n) is 11.3. The zero-order valence-electron chi connectivity index (χ0n) is 28.4. The van der Waals surface area contributed by atoms with Gasteiger partial charge in [0, 0.05) is 10.5 Å². The number of esters is 2. The SMILES string of the molecule is CCCCCCOc1ccc(OC(=O)c2cc(NC(=O)c3ccc(SC)cc3)nc(C(=O)Oc3ccc(OCCCCCC)cc3)c2)cc1. The van der Waals surface area contributed by atoms with Crippen molar-refractivity contribution in [3.8, 4) is 23.0 Å². The summed E-state index contributed by atoms with van der Waals surface area (Å²) in [5, 5.41) is 2.69. The average Bonchev–Trinajstić information content (AvgIpc) is 3.12. The molecule has 0 unspecified atom stereocenters. The third-order valence-electron chi connectivity index (χ3n) is 7.47. The van der Waals surface area contributed by atoms with Crippen molar-refractivity contribution < 1.29 is 33.3 Å². The highest BCUT2D eigenvalue weighted by atomic mass is 32.2. The lowest BCUT2D eigenvalue weighted by molar-refractivity contribution is 0.0727. The molecule has 0 fully saturated rings. The van der Waals surface area contributed by atoms with Gasteiger partial charge in [0.1, 0.15) is 28.8 Å². The second kappa shape index (κ2) is 19.9. The number of nitrogens with zero attached hydrogens (tertiary/aromatic N) is 1. The van der Waals surface area contributed by atoms with E-state index in [1.54, 1.807) is 72.4 Å². The van der Waals surface area contributed by atoms with E-state index in [9.17, 15) is 14.4 Å². The van der Waals surface area contributed by atoms with E-state index >= 15 is 0 Å². The molecule has 1 heterocycles. The minimum atomic E-state index is -0.817. The third-order valence-corrected chi connectivity index (χ3v) is 8.21. The van der Waals surface area contributed by atoms with Crippen molar-refractivity contribution in [2.75, 3.05) is 24.8 Å². The van der Waals surface area contributed by atoms with E-state index in [1.165, 1.54) is 25.0 Å². The van der Waals surface area contributed by atoms with Crippen LogP contribution in [0.3, 0.4) is 0 Å². The van der Waals surface area contributed by atoms with Gasteiger partial charge in [-0.1, -0.05) is 52.4 Å². The summed E-state index contributed by atoms with van der Waals surface area (Å²) in [7, 11) is 0. The van der Waals surface area contributed by atoms with Gasteiger partial charge in [-0.15, -0.1) is 11.8 Å². The molecule has 1 N–H and O–H groups in total. The topological polar surface area (TPSA) is 113 Å². The van der Waals surface area contributed by atoms with E-state index in [0.717, 1.165) is 43.4 Å². The minimum absolute atomic E-state index is 0.00180. The molecule has 9 nitrogen and oxygen atoms in total. The van der Waals surface area contributed by atoms with Crippen molar-refractivity contribution in [1.29, 1.82) is 0 Å². The zero-order valence-corrected chi connectivity index (χ0v) is 29.2. The Hall–Kier alpha value is -4.83. The summed E-state index contributed by atoms with van der Waals surface area (Å²) in [5.41, 5.74) is 0.195. The first-order chi connectivity index (χ1) is 23.9. The van der Waals surface area contributed by atoms with Gasteiger partial charge in [-0.3, -0.25) is 4.79 Å². The summed E-state index contributed by atoms with van der Waals surface area (Å²) < 4.78 is 22.7. The number of benzene rings is 3. The number of rotatable bonds is 19. The van der Waals surface area contributed by atoms with Gasteiger partial charge in [0.2, 0.25) is 0 Å². The van der Waals surface area contributed by atoms with Crippen LogP contribution >= 0.6 is 11.8 Å². The van der Waals surface area contributed by atoms with Gasteiger partial charge in [-0.25, -0.2) is 14.6 Å². The number of carbonyl (C=O) groups is 3. The molecule has 0 spiro atoms. The van der Waals surface area contributed by atoms with Crippen LogP contribution in [0.2, 0.25) is 0 Å². The molecule has 4 aromatic rings. The van der Waals surface area contributed by atoms with Gasteiger partial charge in [-0.2, -0.15) is 0 Å². The molecule has 0 saturated carbocycles. The molecule has 0 aliphatic rings. The standard InChI is InChI=1S/C39H44N2O7S/c1-4-6-8-10-24-45-30-14-18-32(19-15-30)47-38(43)29-26-35(40-36(27-29)41-37(42)28-12-22-34(49-3)23-13-28)39(44)48-33-20-16-31(17-21-33)46-25-11-9-7-5-2/h12-23,26-27H,4-11,24-25H2,1-3H3,(H,40,41,42). The first-order valence-electron chi connectivity index (χ1n) is 16.8. The molecule has 258 valence electrons. The van der Waals surface area contributed by atoms with Crippen molar-refractivity contribution in [2.45, 2.75) is 70.1 Å². The maximum Gasteiger partial charge on any atom is 0.362 e. The first-order valence-corrected chi connectivity index (χ1v) is 18.0. The van der Waals surface area contributed by atoms with Crippen LogP contribution in [-0.2, 0) is 0 Å². The Morgan fingerprint density at radius 3 is 1.63 bits per heavy atom. The zero-order chi connectivity index (χ0) is 34.8. The minimum Gasteiger partial charge on any atom is -0.494 e. The predicted octanol–water partition coefficient (Wildman–Crippen LogP) is 9.41. The Kier molecular flexibility index (Phi) is 15.0. The van der Waals surface area contributed by atoms with Crippen LogP contribution in [0.4, 0.5) is 5.82 Å². The largest absolute Gasteiger partial charge is 0.494 e. The Bertz CT molecular complexity index is 1550. The van der Waals surface area contributed by atoms with Crippen molar-refractivity contribution in [3.63, 3.8) is 0 Å². The fourth-order valence-corrected chi connectivity index (χ4v) is 5.13. The molecule has 0 aliphatic heterocycles. The quantitative estimate of drug-likeness (QED) is 0.0447. The molecule has 0 radical (unpaired) electrons. The number of pyridine rings is 1. The summed E-state index contributed by atoms with van der Waals surface area (Å²) in [6.07, 6.45) is 10.8. The summed E-state index contributed by atoms with van der Waals surface area (Å²) in [4.78, 5) is 44.9. The number of anilines is 1. The van der Waals surface area contributed by atoms with Gasteiger partial charge < -0.3 is 24.3 Å². The van der Waals surface area contributed by atoms with Gasteiger partial charge >= 0.3 is 11.9 Å². The lowest BCUT2D eigenvalue weighted by atomic mass is 10.2. The molecular weight excluding hydrogens is 641 g/mol. The molecule has 0 atom stereocenters. The molecule has 49 heavy (non-hydrogen) atoms. The lowest BCUT2D eigenvalue weighted by Gasteiger charge is -2.11. The third kappa shape index (κ3) is 12.3. The fraction of sp³-hybridized carbons (Fsp3) is 0.333. The average molecular weight is 685 g/mol. The van der Waals surface area contributed by atoms with E-state index in [2.05, 4.69) is 24.1 Å². The normalized spacial score (nSPS) is 10.7. The number of amides is 1. The van der Waals surface area contributed by atoms with Crippen LogP contribution in [0.25, 0.3) is 0 Å². The van der Waals surface area contributed by atoms with Gasteiger partial charge in [0.05, 0.1) is 18.8 Å². The first kappa shape index (κ1) is 37.0. The second-order valence-corrected chi connectivity index (χ2v) is 12.2. The van der Waals surface area contributed by atoms with Crippen molar-refractivity contribution in [1.82, 2.24) is 4.98 Å². The predicted molar refractivity (Wildman–Crippen MR) is 192 cm³/mol. The molecule has 1 amide bonds. The Labute approximate surface area is 292 Å². The molecule has 0 bridgehead atoms. The van der Waals surface area contributed by atoms with Crippen LogP contribution < -0.4 is 24.3 Å².